The van der Waals surface area contributed by atoms with Crippen molar-refractivity contribution in [2.24, 2.45) is 23.7 Å². The van der Waals surface area contributed by atoms with Crippen LogP contribution in [-0.2, 0) is 9.59 Å². The maximum Gasteiger partial charge on any atom is 0.280 e. The summed E-state index contributed by atoms with van der Waals surface area (Å²) in [6, 6.07) is 1.81. The Bertz CT molecular complexity index is 666. The zero-order chi connectivity index (χ0) is 15.9. The van der Waals surface area contributed by atoms with Gasteiger partial charge in [-0.25, -0.2) is 0 Å². The van der Waals surface area contributed by atoms with Crippen molar-refractivity contribution in [1.82, 2.24) is 10.9 Å². The second-order valence-corrected chi connectivity index (χ2v) is 6.61. The number of carbonyl (C=O) groups excluding carboxylic acids is 3. The average molecular weight is 319 g/mol. The van der Waals surface area contributed by atoms with Crippen LogP contribution in [0.3, 0.4) is 0 Å². The van der Waals surface area contributed by atoms with Crippen LogP contribution in [0.1, 0.15) is 21.7 Å². The van der Waals surface area contributed by atoms with E-state index in [0.29, 0.717) is 11.3 Å². The van der Waals surface area contributed by atoms with E-state index in [2.05, 4.69) is 10.9 Å². The summed E-state index contributed by atoms with van der Waals surface area (Å²) in [5, 5.41) is 13.1. The first-order valence-corrected chi connectivity index (χ1v) is 7.90. The summed E-state index contributed by atoms with van der Waals surface area (Å²) in [7, 11) is 0. The molecule has 1 aromatic rings. The Labute approximate surface area is 131 Å². The molecule has 22 heavy (non-hydrogen) atoms. The van der Waals surface area contributed by atoms with Gasteiger partial charge in [0, 0.05) is 11.9 Å². The predicted molar refractivity (Wildman–Crippen MR) is 77.4 cm³/mol. The lowest BCUT2D eigenvalue weighted by Gasteiger charge is -2.27. The van der Waals surface area contributed by atoms with Crippen molar-refractivity contribution < 1.29 is 19.5 Å². The molecule has 2 aliphatic rings. The molecule has 0 unspecified atom stereocenters. The van der Waals surface area contributed by atoms with E-state index in [0.717, 1.165) is 5.56 Å². The second-order valence-electron chi connectivity index (χ2n) is 5.70. The summed E-state index contributed by atoms with van der Waals surface area (Å²) in [4.78, 5) is 36.0. The molecule has 1 saturated carbocycles. The smallest absolute Gasteiger partial charge is 0.280 e. The molecule has 2 bridgehead atoms. The summed E-state index contributed by atoms with van der Waals surface area (Å²) < 4.78 is 0. The zero-order valence-corrected chi connectivity index (χ0v) is 12.7. The minimum absolute atomic E-state index is 0.103. The molecule has 0 spiro atoms. The lowest BCUT2D eigenvalue weighted by atomic mass is 9.82. The topological polar surface area (TPSA) is 98.3 Å². The number of nitrogens with one attached hydrogen (secondary N) is 2. The van der Waals surface area contributed by atoms with Gasteiger partial charge in [-0.2, -0.15) is 0 Å². The Morgan fingerprint density at radius 1 is 1.18 bits per heavy atom. The van der Waals surface area contributed by atoms with Gasteiger partial charge in [-0.05, 0) is 42.2 Å². The maximum atomic E-state index is 12.3. The van der Waals surface area contributed by atoms with E-state index in [1.165, 1.54) is 11.3 Å². The monoisotopic (exact) mass is 319 g/mol. The number of allylic oxidation sites excluding steroid dienone is 2. The van der Waals surface area contributed by atoms with Crippen LogP contribution >= 0.6 is 11.3 Å². The first-order chi connectivity index (χ1) is 10.5. The van der Waals surface area contributed by atoms with Crippen molar-refractivity contribution in [3.8, 4) is 0 Å². The lowest BCUT2D eigenvalue weighted by Crippen LogP contribution is -2.50. The fourth-order valence-electron chi connectivity index (χ4n) is 3.36. The van der Waals surface area contributed by atoms with E-state index < -0.39 is 29.6 Å². The van der Waals surface area contributed by atoms with Crippen LogP contribution < -0.4 is 16.0 Å². The summed E-state index contributed by atoms with van der Waals surface area (Å²) in [6.07, 6.45) is 4.36. The molecule has 1 fully saturated rings. The van der Waals surface area contributed by atoms with Crippen LogP contribution in [0.25, 0.3) is 0 Å². The fourth-order valence-corrected chi connectivity index (χ4v) is 4.19. The molecule has 116 valence electrons. The van der Waals surface area contributed by atoms with Crippen LogP contribution in [-0.4, -0.2) is 17.8 Å². The molecule has 2 N–H and O–H groups in total. The second kappa shape index (κ2) is 5.57. The Morgan fingerprint density at radius 2 is 1.86 bits per heavy atom. The summed E-state index contributed by atoms with van der Waals surface area (Å²) in [5.74, 6) is -3.86. The largest absolute Gasteiger partial charge is 0.550 e. The van der Waals surface area contributed by atoms with Crippen molar-refractivity contribution in [2.45, 2.75) is 13.3 Å². The van der Waals surface area contributed by atoms with Gasteiger partial charge in [-0.3, -0.25) is 20.4 Å². The number of hydrogen-bond donors (Lipinski definition) is 2. The maximum absolute atomic E-state index is 12.3. The summed E-state index contributed by atoms with van der Waals surface area (Å²) >= 11 is 1.28. The first-order valence-electron chi connectivity index (χ1n) is 7.02. The van der Waals surface area contributed by atoms with E-state index >= 15 is 0 Å². The number of amides is 2. The van der Waals surface area contributed by atoms with Crippen LogP contribution in [0.2, 0.25) is 0 Å². The lowest BCUT2D eigenvalue weighted by molar-refractivity contribution is -0.313. The Hall–Kier alpha value is -2.15. The van der Waals surface area contributed by atoms with E-state index in [1.54, 1.807) is 12.3 Å². The van der Waals surface area contributed by atoms with Gasteiger partial charge < -0.3 is 9.90 Å². The van der Waals surface area contributed by atoms with Crippen molar-refractivity contribution >= 4 is 29.1 Å². The van der Waals surface area contributed by atoms with Gasteiger partial charge in [-0.1, -0.05) is 12.2 Å². The number of fused-ring (bicyclic) bond motifs is 2. The van der Waals surface area contributed by atoms with Gasteiger partial charge in [0.1, 0.15) is 0 Å². The van der Waals surface area contributed by atoms with Crippen LogP contribution in [0, 0.1) is 30.6 Å². The standard InChI is InChI=1S/C15H16N2O4S/c1-7-4-5-22-12(7)14(19)17-16-13(18)10-8-2-3-9(6-8)11(10)15(20)21/h2-5,8-11H,6H2,1H3,(H,16,18)(H,17,19)(H,20,21)/p-1/t8-,9-,10-,11-/m0/s1. The van der Waals surface area contributed by atoms with Gasteiger partial charge in [0.2, 0.25) is 5.91 Å². The number of thiophene rings is 1. The molecular formula is C15H15N2O4S-. The van der Waals surface area contributed by atoms with Crippen molar-refractivity contribution in [2.75, 3.05) is 0 Å². The number of hydrogen-bond acceptors (Lipinski definition) is 5. The third kappa shape index (κ3) is 2.41. The molecule has 2 aliphatic carbocycles. The van der Waals surface area contributed by atoms with Crippen LogP contribution in [0.15, 0.2) is 23.6 Å². The fraction of sp³-hybridized carbons (Fsp3) is 0.400. The van der Waals surface area contributed by atoms with Crippen molar-refractivity contribution in [1.29, 1.82) is 0 Å². The zero-order valence-electron chi connectivity index (χ0n) is 11.9. The molecule has 0 saturated heterocycles. The molecule has 4 atom stereocenters. The van der Waals surface area contributed by atoms with Gasteiger partial charge in [0.25, 0.3) is 5.91 Å². The Balaban J connectivity index is 1.65. The normalized spacial score (nSPS) is 28.6. The van der Waals surface area contributed by atoms with Crippen molar-refractivity contribution in [3.63, 3.8) is 0 Å². The summed E-state index contributed by atoms with van der Waals surface area (Å²) in [6.45, 7) is 1.81. The molecule has 0 radical (unpaired) electrons. The molecule has 1 aromatic heterocycles. The highest BCUT2D eigenvalue weighted by atomic mass is 32.1. The van der Waals surface area contributed by atoms with Gasteiger partial charge >= 0.3 is 0 Å². The number of carboxylic acids is 1. The average Bonchev–Trinajstić information content (AvgIpc) is 3.18. The molecule has 6 nitrogen and oxygen atoms in total. The predicted octanol–water partition coefficient (Wildman–Crippen LogP) is 0.00572. The molecule has 3 rings (SSSR count). The molecule has 0 aromatic carbocycles. The molecule has 1 heterocycles. The minimum Gasteiger partial charge on any atom is -0.550 e. The molecular weight excluding hydrogens is 304 g/mol. The SMILES string of the molecule is Cc1ccsc1C(=O)NNC(=O)[C@@H]1[C@@H](C(=O)[O-])[C@H]2C=C[C@H]1C2. The Morgan fingerprint density at radius 3 is 2.45 bits per heavy atom. The third-order valence-corrected chi connectivity index (χ3v) is 5.42. The number of aryl methyl sites for hydroxylation is 1. The minimum atomic E-state index is -1.21. The molecule has 7 heteroatoms. The summed E-state index contributed by atoms with van der Waals surface area (Å²) in [5.41, 5.74) is 5.53. The van der Waals surface area contributed by atoms with Crippen LogP contribution in [0.5, 0.6) is 0 Å². The highest BCUT2D eigenvalue weighted by Crippen LogP contribution is 2.47. The molecule has 2 amide bonds. The number of carboxylic acid groups (broad SMARTS) is 1. The van der Waals surface area contributed by atoms with Gasteiger partial charge in [-0.15, -0.1) is 11.3 Å². The highest BCUT2D eigenvalue weighted by molar-refractivity contribution is 7.12. The van der Waals surface area contributed by atoms with E-state index in [9.17, 15) is 19.5 Å². The van der Waals surface area contributed by atoms with Gasteiger partial charge in [0.05, 0.1) is 10.8 Å². The number of carbonyl (C=O) groups is 3. The van der Waals surface area contributed by atoms with Crippen molar-refractivity contribution in [3.05, 3.63) is 34.0 Å². The van der Waals surface area contributed by atoms with Gasteiger partial charge in [0.15, 0.2) is 0 Å². The number of aliphatic carboxylic acids is 1. The quantitative estimate of drug-likeness (QED) is 0.605. The van der Waals surface area contributed by atoms with Crippen LogP contribution in [0.4, 0.5) is 0 Å². The van der Waals surface area contributed by atoms with E-state index in [1.807, 2.05) is 18.2 Å². The number of rotatable bonds is 3. The van der Waals surface area contributed by atoms with E-state index in [4.69, 9.17) is 0 Å². The Kier molecular flexibility index (Phi) is 3.74. The van der Waals surface area contributed by atoms with E-state index in [-0.39, 0.29) is 11.8 Å². The molecule has 0 aliphatic heterocycles. The number of hydrazine groups is 1. The first kappa shape index (κ1) is 14.8. The third-order valence-electron chi connectivity index (χ3n) is 4.40. The highest BCUT2D eigenvalue weighted by Gasteiger charge is 2.48.